The van der Waals surface area contributed by atoms with Crippen LogP contribution in [0.5, 0.6) is 0 Å². The van der Waals surface area contributed by atoms with Gasteiger partial charge in [-0.05, 0) is 34.0 Å². The number of fused-ring (bicyclic) bond motifs is 2. The van der Waals surface area contributed by atoms with Crippen molar-refractivity contribution in [2.45, 2.75) is 17.3 Å². The topological polar surface area (TPSA) is 56.5 Å². The normalized spacial score (nSPS) is 11.3. The second-order valence-corrected chi connectivity index (χ2v) is 7.62. The third-order valence-electron chi connectivity index (χ3n) is 4.76. The lowest BCUT2D eigenvalue weighted by Crippen LogP contribution is -2.03. The first-order valence-electron chi connectivity index (χ1n) is 9.16. The van der Waals surface area contributed by atoms with Crippen LogP contribution in [0.1, 0.15) is 11.1 Å². The Hall–Kier alpha value is -3.32. The Balaban J connectivity index is 1.42. The SMILES string of the molecule is Fc1ccc(Cn2nnc3c(SCc4cccc5ccccc45)ncnc32)cc1. The Morgan fingerprint density at radius 1 is 0.897 bits per heavy atom. The van der Waals surface area contributed by atoms with Gasteiger partial charge in [0.2, 0.25) is 0 Å². The fourth-order valence-electron chi connectivity index (χ4n) is 3.31. The summed E-state index contributed by atoms with van der Waals surface area (Å²) in [6, 6.07) is 21.0. The lowest BCUT2D eigenvalue weighted by atomic mass is 10.1. The van der Waals surface area contributed by atoms with Crippen molar-refractivity contribution in [1.29, 1.82) is 0 Å². The lowest BCUT2D eigenvalue weighted by molar-refractivity contribution is 0.623. The van der Waals surface area contributed by atoms with Crippen LogP contribution < -0.4 is 0 Å². The van der Waals surface area contributed by atoms with Crippen molar-refractivity contribution in [2.75, 3.05) is 0 Å². The minimum absolute atomic E-state index is 0.258. The van der Waals surface area contributed by atoms with Gasteiger partial charge in [-0.3, -0.25) is 0 Å². The van der Waals surface area contributed by atoms with Gasteiger partial charge >= 0.3 is 0 Å². The van der Waals surface area contributed by atoms with Gasteiger partial charge < -0.3 is 0 Å². The molecule has 0 bridgehead atoms. The van der Waals surface area contributed by atoms with Crippen molar-refractivity contribution in [2.24, 2.45) is 0 Å². The molecule has 2 aromatic heterocycles. The van der Waals surface area contributed by atoms with E-state index in [0.717, 1.165) is 16.3 Å². The maximum absolute atomic E-state index is 13.1. The summed E-state index contributed by atoms with van der Waals surface area (Å²) >= 11 is 1.62. The summed E-state index contributed by atoms with van der Waals surface area (Å²) in [6.07, 6.45) is 1.54. The predicted octanol–water partition coefficient (Wildman–Crippen LogP) is 4.85. The summed E-state index contributed by atoms with van der Waals surface area (Å²) in [4.78, 5) is 8.78. The number of aromatic nitrogens is 5. The zero-order valence-electron chi connectivity index (χ0n) is 15.4. The van der Waals surface area contributed by atoms with Crippen molar-refractivity contribution in [3.8, 4) is 0 Å². The highest BCUT2D eigenvalue weighted by Crippen LogP contribution is 2.29. The maximum Gasteiger partial charge on any atom is 0.183 e. The highest BCUT2D eigenvalue weighted by Gasteiger charge is 2.13. The Morgan fingerprint density at radius 2 is 1.72 bits per heavy atom. The quantitative estimate of drug-likeness (QED) is 0.311. The van der Waals surface area contributed by atoms with E-state index >= 15 is 0 Å². The molecule has 0 aliphatic rings. The minimum Gasteiger partial charge on any atom is -0.227 e. The highest BCUT2D eigenvalue weighted by molar-refractivity contribution is 7.98. The second kappa shape index (κ2) is 7.60. The molecule has 0 spiro atoms. The fourth-order valence-corrected chi connectivity index (χ4v) is 4.25. The molecule has 2 heterocycles. The van der Waals surface area contributed by atoms with Gasteiger partial charge in [-0.15, -0.1) is 5.10 Å². The van der Waals surface area contributed by atoms with E-state index in [0.29, 0.717) is 17.7 Å². The molecule has 29 heavy (non-hydrogen) atoms. The van der Waals surface area contributed by atoms with Crippen molar-refractivity contribution >= 4 is 33.7 Å². The number of rotatable bonds is 5. The number of hydrogen-bond donors (Lipinski definition) is 0. The molecule has 5 rings (SSSR count). The van der Waals surface area contributed by atoms with E-state index < -0.39 is 0 Å². The summed E-state index contributed by atoms with van der Waals surface area (Å²) in [5, 5.41) is 11.8. The number of hydrogen-bond acceptors (Lipinski definition) is 5. The first-order valence-corrected chi connectivity index (χ1v) is 10.1. The largest absolute Gasteiger partial charge is 0.227 e. The molecule has 0 amide bonds. The summed E-state index contributed by atoms with van der Waals surface area (Å²) in [6.45, 7) is 0.473. The van der Waals surface area contributed by atoms with E-state index in [-0.39, 0.29) is 5.82 Å². The molecule has 0 radical (unpaired) electrons. The smallest absolute Gasteiger partial charge is 0.183 e. The zero-order valence-corrected chi connectivity index (χ0v) is 16.2. The van der Waals surface area contributed by atoms with Crippen molar-refractivity contribution < 1.29 is 4.39 Å². The first-order chi connectivity index (χ1) is 14.3. The highest BCUT2D eigenvalue weighted by atomic mass is 32.2. The number of nitrogens with zero attached hydrogens (tertiary/aromatic N) is 5. The average molecular weight is 401 g/mol. The van der Waals surface area contributed by atoms with Gasteiger partial charge in [-0.2, -0.15) is 0 Å². The number of thioether (sulfide) groups is 1. The minimum atomic E-state index is -0.258. The molecule has 142 valence electrons. The molecule has 5 aromatic rings. The van der Waals surface area contributed by atoms with Crippen molar-refractivity contribution in [3.63, 3.8) is 0 Å². The molecule has 0 aliphatic carbocycles. The molecule has 0 atom stereocenters. The Kier molecular flexibility index (Phi) is 4.65. The third kappa shape index (κ3) is 3.56. The van der Waals surface area contributed by atoms with Crippen LogP contribution >= 0.6 is 11.8 Å². The van der Waals surface area contributed by atoms with E-state index in [2.05, 4.69) is 56.7 Å². The molecule has 0 unspecified atom stereocenters. The zero-order chi connectivity index (χ0) is 19.6. The molecular weight excluding hydrogens is 385 g/mol. The molecule has 0 aliphatic heterocycles. The molecule has 3 aromatic carbocycles. The summed E-state index contributed by atoms with van der Waals surface area (Å²) in [7, 11) is 0. The van der Waals surface area contributed by atoms with Crippen LogP contribution in [-0.4, -0.2) is 25.0 Å². The average Bonchev–Trinajstić information content (AvgIpc) is 3.17. The van der Waals surface area contributed by atoms with Crippen molar-refractivity contribution in [3.05, 3.63) is 90.0 Å². The van der Waals surface area contributed by atoms with Gasteiger partial charge in [-0.25, -0.2) is 19.0 Å². The van der Waals surface area contributed by atoms with Gasteiger partial charge in [0.25, 0.3) is 0 Å². The monoisotopic (exact) mass is 401 g/mol. The van der Waals surface area contributed by atoms with Crippen LogP contribution in [-0.2, 0) is 12.3 Å². The standard InChI is InChI=1S/C22H16FN5S/c23-18-10-8-15(9-11-18)12-28-21-20(26-27-28)22(25-14-24-21)29-13-17-6-3-5-16-4-1-2-7-19(16)17/h1-11,14H,12-13H2. The first kappa shape index (κ1) is 17.8. The van der Waals surface area contributed by atoms with Gasteiger partial charge in [0.1, 0.15) is 17.2 Å². The van der Waals surface area contributed by atoms with Crippen LogP contribution in [0.2, 0.25) is 0 Å². The van der Waals surface area contributed by atoms with Crippen molar-refractivity contribution in [1.82, 2.24) is 25.0 Å². The van der Waals surface area contributed by atoms with Crippen LogP contribution in [0.4, 0.5) is 4.39 Å². The molecule has 0 N–H and O–H groups in total. The summed E-state index contributed by atoms with van der Waals surface area (Å²) in [5.74, 6) is 0.518. The third-order valence-corrected chi connectivity index (χ3v) is 5.78. The molecule has 0 fully saturated rings. The van der Waals surface area contributed by atoms with Crippen LogP contribution in [0.3, 0.4) is 0 Å². The van der Waals surface area contributed by atoms with E-state index in [4.69, 9.17) is 0 Å². The molecule has 7 heteroatoms. The van der Waals surface area contributed by atoms with Gasteiger partial charge in [0, 0.05) is 5.75 Å². The molecule has 0 saturated carbocycles. The van der Waals surface area contributed by atoms with E-state index in [1.54, 1.807) is 28.6 Å². The second-order valence-electron chi connectivity index (χ2n) is 6.65. The summed E-state index contributed by atoms with van der Waals surface area (Å²) < 4.78 is 14.8. The molecular formula is C22H16FN5S. The Morgan fingerprint density at radius 3 is 2.62 bits per heavy atom. The Labute approximate surface area is 170 Å². The van der Waals surface area contributed by atoms with Gasteiger partial charge in [0.15, 0.2) is 11.2 Å². The molecule has 0 saturated heterocycles. The van der Waals surface area contributed by atoms with Crippen LogP contribution in [0.15, 0.2) is 78.1 Å². The maximum atomic E-state index is 13.1. The van der Waals surface area contributed by atoms with Crippen LogP contribution in [0, 0.1) is 5.82 Å². The number of benzene rings is 3. The Bertz CT molecular complexity index is 1290. The molecule has 5 nitrogen and oxygen atoms in total. The van der Waals surface area contributed by atoms with E-state index in [9.17, 15) is 4.39 Å². The summed E-state index contributed by atoms with van der Waals surface area (Å²) in [5.41, 5.74) is 3.53. The van der Waals surface area contributed by atoms with E-state index in [1.807, 2.05) is 6.07 Å². The lowest BCUT2D eigenvalue weighted by Gasteiger charge is -2.06. The predicted molar refractivity (Wildman–Crippen MR) is 112 cm³/mol. The van der Waals surface area contributed by atoms with Gasteiger partial charge in [-0.1, -0.05) is 71.6 Å². The fraction of sp³-hybridized carbons (Fsp3) is 0.0909. The van der Waals surface area contributed by atoms with Crippen LogP contribution in [0.25, 0.3) is 21.9 Å². The van der Waals surface area contributed by atoms with E-state index in [1.165, 1.54) is 34.8 Å². The number of halogens is 1. The van der Waals surface area contributed by atoms with Gasteiger partial charge in [0.05, 0.1) is 6.54 Å².